The number of fused-ring (bicyclic) bond motifs is 1. The van der Waals surface area contributed by atoms with Crippen molar-refractivity contribution in [1.82, 2.24) is 14.3 Å². The van der Waals surface area contributed by atoms with Crippen LogP contribution in [0.25, 0.3) is 10.2 Å². The van der Waals surface area contributed by atoms with Gasteiger partial charge >= 0.3 is 0 Å². The number of anilines is 1. The zero-order chi connectivity index (χ0) is 25.1. The largest absolute Gasteiger partial charge is 0.377 e. The van der Waals surface area contributed by atoms with Crippen LogP contribution in [-0.2, 0) is 21.3 Å². The normalized spacial score (nSPS) is 16.0. The third-order valence-electron chi connectivity index (χ3n) is 6.10. The van der Waals surface area contributed by atoms with Crippen LogP contribution in [0.5, 0.6) is 0 Å². The molecule has 0 bridgehead atoms. The van der Waals surface area contributed by atoms with E-state index in [1.165, 1.54) is 27.8 Å². The van der Waals surface area contributed by atoms with Gasteiger partial charge in [-0.1, -0.05) is 29.5 Å². The van der Waals surface area contributed by atoms with Gasteiger partial charge in [-0.05, 0) is 61.4 Å². The van der Waals surface area contributed by atoms with Crippen LogP contribution < -0.4 is 4.90 Å². The number of para-hydroxylation sites is 1. The Kier molecular flexibility index (Phi) is 7.10. The zero-order valence-electron chi connectivity index (χ0n) is 19.8. The summed E-state index contributed by atoms with van der Waals surface area (Å²) in [7, 11) is -2.15. The Labute approximate surface area is 214 Å². The first-order valence-corrected chi connectivity index (χ1v) is 13.9. The fourth-order valence-corrected chi connectivity index (χ4v) is 6.30. The van der Waals surface area contributed by atoms with Gasteiger partial charge in [0.1, 0.15) is 0 Å². The molecule has 2 aromatic carbocycles. The average molecular weight is 523 g/mol. The lowest BCUT2D eigenvalue weighted by molar-refractivity contribution is 0.0978. The minimum atomic E-state index is -3.70. The summed E-state index contributed by atoms with van der Waals surface area (Å²) in [6, 6.07) is 19.3. The molecule has 0 spiro atoms. The molecule has 1 fully saturated rings. The quantitative estimate of drug-likeness (QED) is 0.342. The third-order valence-corrected chi connectivity index (χ3v) is 9.00. The molecule has 1 amide bonds. The van der Waals surface area contributed by atoms with Crippen LogP contribution in [0, 0.1) is 0 Å². The first-order chi connectivity index (χ1) is 17.4. The first-order valence-electron chi connectivity index (χ1n) is 11.7. The molecule has 1 atom stereocenters. The predicted molar refractivity (Wildman–Crippen MR) is 140 cm³/mol. The topological polar surface area (TPSA) is 92.7 Å². The summed E-state index contributed by atoms with van der Waals surface area (Å²) in [4.78, 5) is 24.4. The molecule has 4 aromatic rings. The SMILES string of the molecule is CN(CC1CCCO1)S(=O)(=O)c1ccc(C(=O)N(Cc2ccccn2)c2nc3ccccc3s2)cc1. The van der Waals surface area contributed by atoms with Crippen LogP contribution >= 0.6 is 11.3 Å². The number of likely N-dealkylation sites (N-methyl/N-ethyl adjacent to an activating group) is 1. The molecule has 0 radical (unpaired) electrons. The lowest BCUT2D eigenvalue weighted by Gasteiger charge is -2.21. The van der Waals surface area contributed by atoms with Gasteiger partial charge in [-0.15, -0.1) is 0 Å². The number of benzene rings is 2. The number of carbonyl (C=O) groups is 1. The summed E-state index contributed by atoms with van der Waals surface area (Å²) in [5.41, 5.74) is 1.90. The maximum absolute atomic E-state index is 13.6. The number of nitrogens with zero attached hydrogens (tertiary/aromatic N) is 4. The number of sulfonamides is 1. The van der Waals surface area contributed by atoms with Gasteiger partial charge in [-0.3, -0.25) is 14.7 Å². The molecule has 2 aromatic heterocycles. The van der Waals surface area contributed by atoms with Crippen LogP contribution in [0.15, 0.2) is 77.8 Å². The van der Waals surface area contributed by atoms with E-state index in [4.69, 9.17) is 4.74 Å². The lowest BCUT2D eigenvalue weighted by Crippen LogP contribution is -2.34. The number of hydrogen-bond acceptors (Lipinski definition) is 7. The van der Waals surface area contributed by atoms with E-state index in [-0.39, 0.29) is 23.5 Å². The maximum Gasteiger partial charge on any atom is 0.260 e. The van der Waals surface area contributed by atoms with Crippen molar-refractivity contribution >= 4 is 42.6 Å². The van der Waals surface area contributed by atoms with Gasteiger partial charge in [-0.2, -0.15) is 4.31 Å². The number of rotatable bonds is 8. The molecule has 1 aliphatic heterocycles. The molecule has 0 saturated carbocycles. The first kappa shape index (κ1) is 24.5. The average Bonchev–Trinajstić information content (AvgIpc) is 3.57. The third kappa shape index (κ3) is 5.17. The highest BCUT2D eigenvalue weighted by Crippen LogP contribution is 2.31. The Balaban J connectivity index is 1.41. The van der Waals surface area contributed by atoms with E-state index in [9.17, 15) is 13.2 Å². The molecule has 1 unspecified atom stereocenters. The minimum Gasteiger partial charge on any atom is -0.377 e. The van der Waals surface area contributed by atoms with Crippen molar-refractivity contribution < 1.29 is 17.9 Å². The number of carbonyl (C=O) groups excluding carboxylic acids is 1. The second-order valence-corrected chi connectivity index (χ2v) is 11.7. The predicted octanol–water partition coefficient (Wildman–Crippen LogP) is 4.34. The molecule has 1 saturated heterocycles. The van der Waals surface area contributed by atoms with Gasteiger partial charge in [0.05, 0.1) is 33.5 Å². The summed E-state index contributed by atoms with van der Waals surface area (Å²) in [5.74, 6) is -0.281. The van der Waals surface area contributed by atoms with Gasteiger partial charge in [0.25, 0.3) is 5.91 Å². The number of amides is 1. The Morgan fingerprint density at radius 1 is 1.08 bits per heavy atom. The highest BCUT2D eigenvalue weighted by Gasteiger charge is 2.27. The number of thiazole rings is 1. The summed E-state index contributed by atoms with van der Waals surface area (Å²) >= 11 is 1.43. The van der Waals surface area contributed by atoms with Crippen LogP contribution in [0.3, 0.4) is 0 Å². The van der Waals surface area contributed by atoms with E-state index >= 15 is 0 Å². The van der Waals surface area contributed by atoms with E-state index < -0.39 is 10.0 Å². The fourth-order valence-electron chi connectivity index (χ4n) is 4.13. The Morgan fingerprint density at radius 3 is 2.56 bits per heavy atom. The molecule has 0 aliphatic carbocycles. The number of pyridine rings is 1. The van der Waals surface area contributed by atoms with Crippen molar-refractivity contribution in [2.75, 3.05) is 25.1 Å². The molecule has 0 N–H and O–H groups in total. The van der Waals surface area contributed by atoms with E-state index in [0.717, 1.165) is 28.8 Å². The van der Waals surface area contributed by atoms with Gasteiger partial charge in [0, 0.05) is 32.0 Å². The summed E-state index contributed by atoms with van der Waals surface area (Å²) < 4.78 is 34.0. The van der Waals surface area contributed by atoms with Crippen LogP contribution in [0.2, 0.25) is 0 Å². The lowest BCUT2D eigenvalue weighted by atomic mass is 10.2. The molecule has 36 heavy (non-hydrogen) atoms. The second-order valence-electron chi connectivity index (χ2n) is 8.62. The fraction of sp³-hybridized carbons (Fsp3) is 0.269. The molecule has 1 aliphatic rings. The van der Waals surface area contributed by atoms with Crippen molar-refractivity contribution in [2.45, 2.75) is 30.4 Å². The second kappa shape index (κ2) is 10.4. The highest BCUT2D eigenvalue weighted by molar-refractivity contribution is 7.89. The van der Waals surface area contributed by atoms with Crippen molar-refractivity contribution in [3.63, 3.8) is 0 Å². The van der Waals surface area contributed by atoms with E-state index in [2.05, 4.69) is 9.97 Å². The number of ether oxygens (including phenoxy) is 1. The summed E-state index contributed by atoms with van der Waals surface area (Å²) in [6.45, 7) is 1.21. The van der Waals surface area contributed by atoms with Crippen LogP contribution in [0.4, 0.5) is 5.13 Å². The van der Waals surface area contributed by atoms with E-state index in [1.54, 1.807) is 30.3 Å². The number of aromatic nitrogens is 2. The maximum atomic E-state index is 13.6. The van der Waals surface area contributed by atoms with Gasteiger partial charge < -0.3 is 4.74 Å². The molecular formula is C26H26N4O4S2. The molecule has 8 nitrogen and oxygen atoms in total. The Morgan fingerprint density at radius 2 is 1.86 bits per heavy atom. The molecule has 3 heterocycles. The Bertz CT molecular complexity index is 1420. The van der Waals surface area contributed by atoms with E-state index in [1.807, 2.05) is 42.5 Å². The van der Waals surface area contributed by atoms with Crippen molar-refractivity contribution in [2.24, 2.45) is 0 Å². The smallest absolute Gasteiger partial charge is 0.260 e. The van der Waals surface area contributed by atoms with E-state index in [0.29, 0.717) is 23.8 Å². The van der Waals surface area contributed by atoms with Gasteiger partial charge in [0.2, 0.25) is 10.0 Å². The van der Waals surface area contributed by atoms with Crippen molar-refractivity contribution in [1.29, 1.82) is 0 Å². The summed E-state index contributed by atoms with van der Waals surface area (Å²) in [6.07, 6.45) is 3.40. The van der Waals surface area contributed by atoms with Crippen molar-refractivity contribution in [3.8, 4) is 0 Å². The molecule has 5 rings (SSSR count). The number of hydrogen-bond donors (Lipinski definition) is 0. The van der Waals surface area contributed by atoms with Crippen LogP contribution in [0.1, 0.15) is 28.9 Å². The molecule has 186 valence electrons. The molecule has 10 heteroatoms. The standard InChI is InChI=1S/C26H26N4O4S2/c1-29(18-21-8-6-16-34-21)36(32,33)22-13-11-19(12-14-22)25(31)30(17-20-7-4-5-15-27-20)26-28-23-9-2-3-10-24(23)35-26/h2-5,7,9-15,21H,6,8,16-18H2,1H3. The zero-order valence-corrected chi connectivity index (χ0v) is 21.4. The van der Waals surface area contributed by atoms with Crippen LogP contribution in [-0.4, -0.2) is 54.9 Å². The summed E-state index contributed by atoms with van der Waals surface area (Å²) in [5, 5.41) is 0.555. The van der Waals surface area contributed by atoms with Gasteiger partial charge in [0.15, 0.2) is 5.13 Å². The Hall–Kier alpha value is -3.18. The van der Waals surface area contributed by atoms with Crippen molar-refractivity contribution in [3.05, 3.63) is 84.2 Å². The highest BCUT2D eigenvalue weighted by atomic mass is 32.2. The monoisotopic (exact) mass is 522 g/mol. The minimum absolute atomic E-state index is 0.0837. The van der Waals surface area contributed by atoms with Gasteiger partial charge in [-0.25, -0.2) is 13.4 Å². The molecular weight excluding hydrogens is 496 g/mol.